The predicted molar refractivity (Wildman–Crippen MR) is 130 cm³/mol. The van der Waals surface area contributed by atoms with Gasteiger partial charge in [0.15, 0.2) is 0 Å². The molecule has 178 valence electrons. The van der Waals surface area contributed by atoms with Crippen LogP contribution >= 0.6 is 0 Å². The summed E-state index contributed by atoms with van der Waals surface area (Å²) in [5.41, 5.74) is -0.408. The van der Waals surface area contributed by atoms with Gasteiger partial charge in [0.25, 0.3) is 0 Å². The molecule has 0 aliphatic heterocycles. The summed E-state index contributed by atoms with van der Waals surface area (Å²) in [5.74, 6) is 0. The first-order valence-electron chi connectivity index (χ1n) is 10.4. The van der Waals surface area contributed by atoms with Crippen molar-refractivity contribution in [1.82, 2.24) is 0 Å². The summed E-state index contributed by atoms with van der Waals surface area (Å²) in [4.78, 5) is 18.5. The molecule has 0 aliphatic carbocycles. The molecule has 0 rings (SSSR count). The van der Waals surface area contributed by atoms with Crippen LogP contribution in [0.1, 0.15) is 69.2 Å². The fourth-order valence-corrected chi connectivity index (χ4v) is 4.94. The monoisotopic (exact) mass is 530 g/mol. The normalized spacial score (nSPS) is 11.6. The van der Waals surface area contributed by atoms with Crippen LogP contribution in [0.4, 0.5) is 0 Å². The maximum absolute atomic E-state index is 9.27. The minimum Gasteiger partial charge on any atom is -0.663 e. The number of hydrogen-bond acceptors (Lipinski definition) is 4. The second-order valence-corrected chi connectivity index (χ2v) is 15.2. The fourth-order valence-electron chi connectivity index (χ4n) is 1.95. The Morgan fingerprint density at radius 1 is 0.586 bits per heavy atom. The Hall–Kier alpha value is 1.08. The zero-order valence-corrected chi connectivity index (χ0v) is 26.4. The van der Waals surface area contributed by atoms with Crippen LogP contribution in [0.3, 0.4) is 0 Å². The van der Waals surface area contributed by atoms with Gasteiger partial charge in [-0.15, -0.1) is 0 Å². The minimum absolute atomic E-state index is 0. The second kappa shape index (κ2) is 21.0. The molecule has 0 saturated carbocycles. The Bertz CT molecular complexity index is 264. The summed E-state index contributed by atoms with van der Waals surface area (Å²) in [6.07, 6.45) is 0. The Labute approximate surface area is 204 Å². The predicted octanol–water partition coefficient (Wildman–Crippen LogP) is 5.79. The molecule has 0 amide bonds. The molecule has 0 bridgehead atoms. The Morgan fingerprint density at radius 2 is 0.759 bits per heavy atom. The fraction of sp³-hybridized carbons (Fsp3) is 1.00. The van der Waals surface area contributed by atoms with Gasteiger partial charge in [-0.2, -0.15) is 26.2 Å². The van der Waals surface area contributed by atoms with Gasteiger partial charge in [0.2, 0.25) is 0 Å². The molecular formula is C20H52N2O4Si2Zr. The Balaban J connectivity index is -0.0000000907. The summed E-state index contributed by atoms with van der Waals surface area (Å²) < 4.78 is 10.6. The average Bonchev–Trinajstić information content (AvgIpc) is 2.33. The molecule has 0 fully saturated rings. The van der Waals surface area contributed by atoms with Gasteiger partial charge in [0, 0.05) is 0 Å². The smallest absolute Gasteiger partial charge is 0.663 e. The second-order valence-electron chi connectivity index (χ2n) is 9.03. The third-order valence-electron chi connectivity index (χ3n) is 2.01. The van der Waals surface area contributed by atoms with Crippen LogP contribution in [-0.4, -0.2) is 64.1 Å². The van der Waals surface area contributed by atoms with E-state index in [1.54, 1.807) is 26.2 Å². The molecule has 6 nitrogen and oxygen atoms in total. The van der Waals surface area contributed by atoms with E-state index in [1.807, 2.05) is 69.2 Å². The van der Waals surface area contributed by atoms with Gasteiger partial charge < -0.3 is 29.1 Å². The van der Waals surface area contributed by atoms with Gasteiger partial charge in [-0.1, -0.05) is 27.7 Å². The summed E-state index contributed by atoms with van der Waals surface area (Å²) >= 11 is 0. The third-order valence-corrected chi connectivity index (χ3v) is 4.23. The van der Waals surface area contributed by atoms with E-state index in [0.717, 1.165) is 26.2 Å². The van der Waals surface area contributed by atoms with Gasteiger partial charge in [-0.05, 0) is 67.7 Å². The van der Waals surface area contributed by atoms with Crippen molar-refractivity contribution >= 4 is 17.1 Å². The minimum atomic E-state index is -2.29. The third kappa shape index (κ3) is 73.1. The van der Waals surface area contributed by atoms with E-state index in [0.29, 0.717) is 0 Å². The molecule has 0 atom stereocenters. The molecule has 0 saturated heterocycles. The van der Waals surface area contributed by atoms with E-state index in [-0.39, 0.29) is 37.4 Å². The van der Waals surface area contributed by atoms with E-state index in [1.165, 1.54) is 0 Å². The molecule has 0 aliphatic rings. The van der Waals surface area contributed by atoms with Crippen molar-refractivity contribution in [3.05, 3.63) is 10.6 Å². The molecule has 0 aromatic carbocycles. The number of hydrogen-bond donors (Lipinski definition) is 2. The first-order valence-corrected chi connectivity index (χ1v) is 16.1. The first kappa shape index (κ1) is 40.4. The summed E-state index contributed by atoms with van der Waals surface area (Å²) in [6, 6.07) is 0. The molecular weight excluding hydrogens is 480 g/mol. The van der Waals surface area contributed by atoms with Gasteiger partial charge in [-0.25, -0.2) is 0 Å². The van der Waals surface area contributed by atoms with Gasteiger partial charge in [0.05, 0.1) is 11.2 Å². The van der Waals surface area contributed by atoms with E-state index in [4.69, 9.17) is 8.85 Å². The maximum atomic E-state index is 9.27. The van der Waals surface area contributed by atoms with Crippen molar-refractivity contribution in [2.45, 2.75) is 107 Å². The number of rotatable bonds is 6. The van der Waals surface area contributed by atoms with E-state index >= 15 is 0 Å². The zero-order valence-electron chi connectivity index (χ0n) is 21.9. The standard InChI is InChI=1S/2C6H16O2Si.2C4H10N.Zr/c2*1-6(2,3)8-9(4,5)7;2*1-3-5-4-2;/h2*7H,1-5H3;2*3-4H2,1-2H3;/q;;2*-1;+2. The van der Waals surface area contributed by atoms with Crippen LogP contribution in [0.15, 0.2) is 0 Å². The molecule has 9 heteroatoms. The summed E-state index contributed by atoms with van der Waals surface area (Å²) in [6.45, 7) is 30.8. The molecule has 0 aromatic rings. The summed E-state index contributed by atoms with van der Waals surface area (Å²) in [7, 11) is -4.59. The Morgan fingerprint density at radius 3 is 0.759 bits per heavy atom. The molecule has 0 aromatic heterocycles. The van der Waals surface area contributed by atoms with Crippen molar-refractivity contribution in [3.8, 4) is 0 Å². The van der Waals surface area contributed by atoms with Gasteiger partial charge >= 0.3 is 43.3 Å². The molecule has 0 spiro atoms. The van der Waals surface area contributed by atoms with E-state index in [9.17, 15) is 9.59 Å². The molecule has 0 unspecified atom stereocenters. The van der Waals surface area contributed by atoms with Crippen LogP contribution in [0.2, 0.25) is 26.2 Å². The molecule has 29 heavy (non-hydrogen) atoms. The molecule has 0 radical (unpaired) electrons. The largest absolute Gasteiger partial charge is 2.00 e. The maximum Gasteiger partial charge on any atom is 2.00 e. The van der Waals surface area contributed by atoms with Crippen LogP contribution < -0.4 is 0 Å². The summed E-state index contributed by atoms with van der Waals surface area (Å²) in [5, 5.41) is 7.94. The van der Waals surface area contributed by atoms with Crippen LogP contribution in [0.5, 0.6) is 0 Å². The van der Waals surface area contributed by atoms with E-state index < -0.39 is 17.1 Å². The van der Waals surface area contributed by atoms with Crippen LogP contribution in [0.25, 0.3) is 10.6 Å². The first-order chi connectivity index (χ1) is 12.2. The van der Waals surface area contributed by atoms with Crippen molar-refractivity contribution < 1.29 is 44.6 Å². The number of nitrogens with zero attached hydrogens (tertiary/aromatic N) is 2. The van der Waals surface area contributed by atoms with Gasteiger partial charge in [-0.3, -0.25) is 0 Å². The van der Waals surface area contributed by atoms with Crippen molar-refractivity contribution in [3.63, 3.8) is 0 Å². The van der Waals surface area contributed by atoms with E-state index in [2.05, 4.69) is 10.6 Å². The Kier molecular flexibility index (Phi) is 29.2. The molecule has 2 N–H and O–H groups in total. The average molecular weight is 532 g/mol. The van der Waals surface area contributed by atoms with Gasteiger partial charge in [0.1, 0.15) is 0 Å². The van der Waals surface area contributed by atoms with Crippen LogP contribution in [0, 0.1) is 0 Å². The molecule has 0 heterocycles. The zero-order chi connectivity index (χ0) is 23.7. The van der Waals surface area contributed by atoms with Crippen LogP contribution in [-0.2, 0) is 35.1 Å². The topological polar surface area (TPSA) is 87.1 Å². The quantitative estimate of drug-likeness (QED) is 0.425. The van der Waals surface area contributed by atoms with Crippen molar-refractivity contribution in [2.75, 3.05) is 26.2 Å². The van der Waals surface area contributed by atoms with Crippen molar-refractivity contribution in [2.24, 2.45) is 0 Å². The van der Waals surface area contributed by atoms with Crippen molar-refractivity contribution in [1.29, 1.82) is 0 Å². The SMILES string of the molecule is CC(C)(C)O[Si](C)(C)O.CC(C)(C)O[Si](C)(C)O.CC[N-]CC.CC[N-]CC.[Zr+2].